The van der Waals surface area contributed by atoms with Crippen molar-refractivity contribution in [3.63, 3.8) is 0 Å². The van der Waals surface area contributed by atoms with E-state index in [4.69, 9.17) is 14.2 Å². The van der Waals surface area contributed by atoms with E-state index in [0.717, 1.165) is 5.56 Å². The first-order chi connectivity index (χ1) is 12.6. The van der Waals surface area contributed by atoms with E-state index in [-0.39, 0.29) is 24.7 Å². The van der Waals surface area contributed by atoms with Gasteiger partial charge >= 0.3 is 0 Å². The van der Waals surface area contributed by atoms with Gasteiger partial charge in [0.2, 0.25) is 11.8 Å². The average Bonchev–Trinajstić information content (AvgIpc) is 3.01. The maximum atomic E-state index is 12.5. The summed E-state index contributed by atoms with van der Waals surface area (Å²) in [5.41, 5.74) is 1.42. The van der Waals surface area contributed by atoms with Gasteiger partial charge in [-0.15, -0.1) is 0 Å². The van der Waals surface area contributed by atoms with Gasteiger partial charge in [-0.2, -0.15) is 0 Å². The fourth-order valence-electron chi connectivity index (χ4n) is 3.26. The van der Waals surface area contributed by atoms with Crippen LogP contribution in [0, 0.1) is 0 Å². The Morgan fingerprint density at radius 2 is 1.38 bits per heavy atom. The summed E-state index contributed by atoms with van der Waals surface area (Å²) in [4.78, 5) is 26.3. The Bertz CT molecular complexity index is 777. The Morgan fingerprint density at radius 3 is 1.85 bits per heavy atom. The maximum absolute atomic E-state index is 12.5. The number of hydrogen-bond acceptors (Lipinski definition) is 5. The van der Waals surface area contributed by atoms with Crippen LogP contribution in [0.5, 0.6) is 17.2 Å². The summed E-state index contributed by atoms with van der Waals surface area (Å²) in [5.74, 6) is 1.13. The predicted octanol–water partition coefficient (Wildman–Crippen LogP) is 2.95. The molecule has 3 rings (SSSR count). The second-order valence-electron chi connectivity index (χ2n) is 5.92. The highest BCUT2D eigenvalue weighted by molar-refractivity contribution is 6.02. The van der Waals surface area contributed by atoms with Crippen LogP contribution in [0.4, 0.5) is 0 Å². The van der Waals surface area contributed by atoms with Crippen LogP contribution in [0.2, 0.25) is 0 Å². The largest absolute Gasteiger partial charge is 0.496 e. The lowest BCUT2D eigenvalue weighted by Gasteiger charge is -2.30. The minimum Gasteiger partial charge on any atom is -0.496 e. The van der Waals surface area contributed by atoms with Crippen molar-refractivity contribution in [1.82, 2.24) is 4.90 Å². The van der Waals surface area contributed by atoms with Crippen molar-refractivity contribution < 1.29 is 23.8 Å². The molecule has 0 radical (unpaired) electrons. The van der Waals surface area contributed by atoms with Crippen LogP contribution in [0.15, 0.2) is 42.5 Å². The standard InChI is InChI=1S/C20H21NO5/c1-24-14-11-15(25-2)19(16(12-14)26-3)20(13-7-5-4-6-8-13)21-17(22)9-10-18(21)23/h4-8,11-12,20H,9-10H2,1-3H3. The molecule has 2 amide bonds. The summed E-state index contributed by atoms with van der Waals surface area (Å²) in [6, 6.07) is 12.2. The number of hydrogen-bond donors (Lipinski definition) is 0. The molecule has 1 heterocycles. The van der Waals surface area contributed by atoms with E-state index < -0.39 is 6.04 Å². The summed E-state index contributed by atoms with van der Waals surface area (Å²) >= 11 is 0. The molecule has 2 aromatic rings. The monoisotopic (exact) mass is 355 g/mol. The number of imide groups is 1. The fourth-order valence-corrected chi connectivity index (χ4v) is 3.26. The Balaban J connectivity index is 2.26. The Labute approximate surface area is 152 Å². The number of carbonyl (C=O) groups is 2. The quantitative estimate of drug-likeness (QED) is 0.746. The molecular formula is C20H21NO5. The van der Waals surface area contributed by atoms with Crippen LogP contribution in [-0.4, -0.2) is 38.0 Å². The molecule has 1 unspecified atom stereocenters. The van der Waals surface area contributed by atoms with Gasteiger partial charge in [0, 0.05) is 25.0 Å². The molecule has 1 aliphatic heterocycles. The van der Waals surface area contributed by atoms with Gasteiger partial charge in [-0.1, -0.05) is 30.3 Å². The maximum Gasteiger partial charge on any atom is 0.230 e. The number of benzene rings is 2. The highest BCUT2D eigenvalue weighted by Gasteiger charge is 2.39. The number of likely N-dealkylation sites (tertiary alicyclic amines) is 1. The SMILES string of the molecule is COc1cc(OC)c(C(c2ccccc2)N2C(=O)CCC2=O)c(OC)c1. The lowest BCUT2D eigenvalue weighted by atomic mass is 9.95. The van der Waals surface area contributed by atoms with Gasteiger partial charge in [-0.3, -0.25) is 14.5 Å². The third kappa shape index (κ3) is 3.10. The van der Waals surface area contributed by atoms with Gasteiger partial charge in [0.15, 0.2) is 0 Å². The van der Waals surface area contributed by atoms with Crippen LogP contribution in [0.3, 0.4) is 0 Å². The molecule has 0 aromatic heterocycles. The van der Waals surface area contributed by atoms with E-state index in [1.165, 1.54) is 19.1 Å². The number of ether oxygens (including phenoxy) is 3. The molecule has 0 saturated carbocycles. The molecule has 1 aliphatic rings. The summed E-state index contributed by atoms with van der Waals surface area (Å²) < 4.78 is 16.4. The van der Waals surface area contributed by atoms with Crippen molar-refractivity contribution in [1.29, 1.82) is 0 Å². The minimum atomic E-state index is -0.630. The molecule has 136 valence electrons. The zero-order valence-electron chi connectivity index (χ0n) is 15.0. The van der Waals surface area contributed by atoms with Crippen LogP contribution >= 0.6 is 0 Å². The topological polar surface area (TPSA) is 65.1 Å². The number of carbonyl (C=O) groups excluding carboxylic acids is 2. The summed E-state index contributed by atoms with van der Waals surface area (Å²) in [6.07, 6.45) is 0.423. The lowest BCUT2D eigenvalue weighted by molar-refractivity contribution is -0.140. The second-order valence-corrected chi connectivity index (χ2v) is 5.92. The van der Waals surface area contributed by atoms with Crippen LogP contribution < -0.4 is 14.2 Å². The van der Waals surface area contributed by atoms with Crippen molar-refractivity contribution in [2.45, 2.75) is 18.9 Å². The fraction of sp³-hybridized carbons (Fsp3) is 0.300. The molecule has 6 nitrogen and oxygen atoms in total. The molecular weight excluding hydrogens is 334 g/mol. The zero-order chi connectivity index (χ0) is 18.7. The van der Waals surface area contributed by atoms with Gasteiger partial charge in [0.25, 0.3) is 0 Å². The highest BCUT2D eigenvalue weighted by atomic mass is 16.5. The minimum absolute atomic E-state index is 0.205. The smallest absolute Gasteiger partial charge is 0.230 e. The summed E-state index contributed by atoms with van der Waals surface area (Å²) in [5, 5.41) is 0. The molecule has 0 bridgehead atoms. The molecule has 0 spiro atoms. The average molecular weight is 355 g/mol. The third-order valence-electron chi connectivity index (χ3n) is 4.49. The molecule has 1 atom stereocenters. The van der Waals surface area contributed by atoms with Crippen LogP contribution in [-0.2, 0) is 9.59 Å². The summed E-state index contributed by atoms with van der Waals surface area (Å²) in [6.45, 7) is 0. The first-order valence-corrected chi connectivity index (χ1v) is 8.30. The van der Waals surface area contributed by atoms with E-state index >= 15 is 0 Å². The molecule has 0 N–H and O–H groups in total. The molecule has 1 fully saturated rings. The van der Waals surface area contributed by atoms with Gasteiger partial charge in [0.1, 0.15) is 17.2 Å². The van der Waals surface area contributed by atoms with Gasteiger partial charge < -0.3 is 14.2 Å². The van der Waals surface area contributed by atoms with E-state index in [0.29, 0.717) is 22.8 Å². The van der Waals surface area contributed by atoms with E-state index in [1.807, 2.05) is 30.3 Å². The first-order valence-electron chi connectivity index (χ1n) is 8.30. The molecule has 2 aromatic carbocycles. The van der Waals surface area contributed by atoms with Crippen LogP contribution in [0.1, 0.15) is 30.0 Å². The van der Waals surface area contributed by atoms with Gasteiger partial charge in [-0.05, 0) is 5.56 Å². The molecule has 6 heteroatoms. The van der Waals surface area contributed by atoms with E-state index in [9.17, 15) is 9.59 Å². The molecule has 26 heavy (non-hydrogen) atoms. The summed E-state index contributed by atoms with van der Waals surface area (Å²) in [7, 11) is 4.62. The van der Waals surface area contributed by atoms with Crippen LogP contribution in [0.25, 0.3) is 0 Å². The van der Waals surface area contributed by atoms with Crippen molar-refractivity contribution in [3.8, 4) is 17.2 Å². The Hall–Kier alpha value is -3.02. The molecule has 1 saturated heterocycles. The van der Waals surface area contributed by atoms with Crippen molar-refractivity contribution >= 4 is 11.8 Å². The zero-order valence-corrected chi connectivity index (χ0v) is 15.0. The number of nitrogens with zero attached hydrogens (tertiary/aromatic N) is 1. The molecule has 0 aliphatic carbocycles. The van der Waals surface area contributed by atoms with Crippen molar-refractivity contribution in [3.05, 3.63) is 53.6 Å². The number of rotatable bonds is 6. The Kier molecular flexibility index (Phi) is 5.11. The Morgan fingerprint density at radius 1 is 0.846 bits per heavy atom. The normalized spacial score (nSPS) is 15.1. The lowest BCUT2D eigenvalue weighted by Crippen LogP contribution is -2.34. The van der Waals surface area contributed by atoms with Crippen molar-refractivity contribution in [2.24, 2.45) is 0 Å². The van der Waals surface area contributed by atoms with Crippen molar-refractivity contribution in [2.75, 3.05) is 21.3 Å². The van der Waals surface area contributed by atoms with Gasteiger partial charge in [0.05, 0.1) is 32.9 Å². The number of methoxy groups -OCH3 is 3. The van der Waals surface area contributed by atoms with E-state index in [2.05, 4.69) is 0 Å². The van der Waals surface area contributed by atoms with E-state index in [1.54, 1.807) is 19.2 Å². The third-order valence-corrected chi connectivity index (χ3v) is 4.49. The van der Waals surface area contributed by atoms with Gasteiger partial charge in [-0.25, -0.2) is 0 Å². The number of amides is 2. The second kappa shape index (κ2) is 7.47. The highest BCUT2D eigenvalue weighted by Crippen LogP contribution is 2.44. The predicted molar refractivity (Wildman–Crippen MR) is 95.5 cm³/mol. The first kappa shape index (κ1) is 17.8.